The molecule has 1 aliphatic heterocycles. The quantitative estimate of drug-likeness (QED) is 0.606. The molecule has 0 spiro atoms. The third-order valence-electron chi connectivity index (χ3n) is 4.35. The summed E-state index contributed by atoms with van der Waals surface area (Å²) in [6.45, 7) is 1.54. The number of carbonyl (C=O) groups is 1. The van der Waals surface area contributed by atoms with Crippen LogP contribution in [0.1, 0.15) is 18.4 Å². The zero-order valence-electron chi connectivity index (χ0n) is 14.7. The molecule has 1 amide bonds. The Labute approximate surface area is 173 Å². The van der Waals surface area contributed by atoms with Gasteiger partial charge in [0.05, 0.1) is 6.10 Å². The van der Waals surface area contributed by atoms with Crippen LogP contribution in [0.5, 0.6) is 5.75 Å². The molecule has 2 aromatic carbocycles. The summed E-state index contributed by atoms with van der Waals surface area (Å²) in [7, 11) is 0. The molecule has 0 N–H and O–H groups in total. The standard InChI is InChI=1S/C20H20Cl3NO3/c21-15-5-7-17(8-6-15)27-13-20(25)24(12-18-2-1-9-26-18)11-14-3-4-16(22)10-19(14)23/h3-8,10,18H,1-2,9,11-13H2. The summed E-state index contributed by atoms with van der Waals surface area (Å²) in [4.78, 5) is 14.5. The van der Waals surface area contributed by atoms with Crippen molar-refractivity contribution in [1.82, 2.24) is 4.90 Å². The maximum Gasteiger partial charge on any atom is 0.260 e. The summed E-state index contributed by atoms with van der Waals surface area (Å²) < 4.78 is 11.3. The lowest BCUT2D eigenvalue weighted by atomic mass is 10.1. The molecular weight excluding hydrogens is 409 g/mol. The third-order valence-corrected chi connectivity index (χ3v) is 5.19. The lowest BCUT2D eigenvalue weighted by molar-refractivity contribution is -0.135. The molecule has 2 aromatic rings. The molecular formula is C20H20Cl3NO3. The van der Waals surface area contributed by atoms with E-state index in [1.54, 1.807) is 41.3 Å². The number of hydrogen-bond acceptors (Lipinski definition) is 3. The molecule has 1 fully saturated rings. The molecule has 4 nitrogen and oxygen atoms in total. The maximum absolute atomic E-state index is 12.8. The van der Waals surface area contributed by atoms with Crippen LogP contribution in [0, 0.1) is 0 Å². The number of rotatable bonds is 7. The topological polar surface area (TPSA) is 38.8 Å². The monoisotopic (exact) mass is 427 g/mol. The zero-order chi connectivity index (χ0) is 19.2. The SMILES string of the molecule is O=C(COc1ccc(Cl)cc1)N(Cc1ccc(Cl)cc1Cl)CC1CCCO1. The molecule has 0 aromatic heterocycles. The van der Waals surface area contributed by atoms with E-state index in [0.717, 1.165) is 25.0 Å². The van der Waals surface area contributed by atoms with E-state index in [0.29, 0.717) is 33.9 Å². The minimum atomic E-state index is -0.133. The van der Waals surface area contributed by atoms with Crippen molar-refractivity contribution in [3.05, 3.63) is 63.1 Å². The van der Waals surface area contributed by atoms with Crippen LogP contribution in [-0.4, -0.2) is 36.7 Å². The van der Waals surface area contributed by atoms with Gasteiger partial charge >= 0.3 is 0 Å². The fourth-order valence-electron chi connectivity index (χ4n) is 2.91. The molecule has 3 rings (SSSR count). The first-order valence-electron chi connectivity index (χ1n) is 8.73. The largest absolute Gasteiger partial charge is 0.484 e. The highest BCUT2D eigenvalue weighted by Gasteiger charge is 2.23. The van der Waals surface area contributed by atoms with Crippen LogP contribution < -0.4 is 4.74 Å². The number of amides is 1. The van der Waals surface area contributed by atoms with Crippen LogP contribution in [0.15, 0.2) is 42.5 Å². The maximum atomic E-state index is 12.8. The van der Waals surface area contributed by atoms with Crippen molar-refractivity contribution >= 4 is 40.7 Å². The van der Waals surface area contributed by atoms with Gasteiger partial charge in [0.1, 0.15) is 5.75 Å². The summed E-state index contributed by atoms with van der Waals surface area (Å²) >= 11 is 18.1. The van der Waals surface area contributed by atoms with Crippen molar-refractivity contribution in [1.29, 1.82) is 0 Å². The van der Waals surface area contributed by atoms with Gasteiger partial charge in [-0.1, -0.05) is 40.9 Å². The molecule has 0 radical (unpaired) electrons. The van der Waals surface area contributed by atoms with E-state index in [2.05, 4.69) is 0 Å². The number of ether oxygens (including phenoxy) is 2. The Bertz CT molecular complexity index is 777. The highest BCUT2D eigenvalue weighted by molar-refractivity contribution is 6.35. The Morgan fingerprint density at radius 2 is 1.85 bits per heavy atom. The van der Waals surface area contributed by atoms with Gasteiger partial charge in [-0.15, -0.1) is 0 Å². The third kappa shape index (κ3) is 6.01. The molecule has 1 heterocycles. The Morgan fingerprint density at radius 3 is 2.52 bits per heavy atom. The number of nitrogens with zero attached hydrogens (tertiary/aromatic N) is 1. The van der Waals surface area contributed by atoms with Crippen LogP contribution in [0.3, 0.4) is 0 Å². The van der Waals surface area contributed by atoms with Crippen molar-refractivity contribution in [3.8, 4) is 5.75 Å². The predicted molar refractivity (Wildman–Crippen MR) is 108 cm³/mol. The molecule has 27 heavy (non-hydrogen) atoms. The van der Waals surface area contributed by atoms with Gasteiger partial charge in [-0.2, -0.15) is 0 Å². The first-order chi connectivity index (χ1) is 13.0. The van der Waals surface area contributed by atoms with E-state index in [9.17, 15) is 4.79 Å². The van der Waals surface area contributed by atoms with Gasteiger partial charge in [-0.05, 0) is 54.8 Å². The minimum absolute atomic E-state index is 0.0376. The van der Waals surface area contributed by atoms with Crippen molar-refractivity contribution < 1.29 is 14.3 Å². The Morgan fingerprint density at radius 1 is 1.11 bits per heavy atom. The van der Waals surface area contributed by atoms with Crippen molar-refractivity contribution in [3.63, 3.8) is 0 Å². The van der Waals surface area contributed by atoms with Crippen molar-refractivity contribution in [2.75, 3.05) is 19.8 Å². The number of halogens is 3. The lowest BCUT2D eigenvalue weighted by Gasteiger charge is -2.26. The smallest absolute Gasteiger partial charge is 0.260 e. The van der Waals surface area contributed by atoms with Gasteiger partial charge < -0.3 is 14.4 Å². The van der Waals surface area contributed by atoms with Crippen LogP contribution >= 0.6 is 34.8 Å². The van der Waals surface area contributed by atoms with E-state index in [-0.39, 0.29) is 18.6 Å². The highest BCUT2D eigenvalue weighted by Crippen LogP contribution is 2.24. The number of carbonyl (C=O) groups excluding carboxylic acids is 1. The Balaban J connectivity index is 1.67. The van der Waals surface area contributed by atoms with Gasteiger partial charge in [0, 0.05) is 34.8 Å². The molecule has 0 saturated carbocycles. The second-order valence-corrected chi connectivity index (χ2v) is 7.67. The average molecular weight is 429 g/mol. The van der Waals surface area contributed by atoms with Crippen molar-refractivity contribution in [2.45, 2.75) is 25.5 Å². The first kappa shape index (κ1) is 20.3. The second-order valence-electron chi connectivity index (χ2n) is 6.39. The molecule has 1 saturated heterocycles. The molecule has 1 unspecified atom stereocenters. The molecule has 0 aliphatic carbocycles. The van der Waals surface area contributed by atoms with Gasteiger partial charge in [0.25, 0.3) is 5.91 Å². The van der Waals surface area contributed by atoms with Crippen LogP contribution in [-0.2, 0) is 16.1 Å². The highest BCUT2D eigenvalue weighted by atomic mass is 35.5. The first-order valence-corrected chi connectivity index (χ1v) is 9.86. The fraction of sp³-hybridized carbons (Fsp3) is 0.350. The average Bonchev–Trinajstić information content (AvgIpc) is 3.15. The fourth-order valence-corrected chi connectivity index (χ4v) is 3.51. The van der Waals surface area contributed by atoms with Gasteiger partial charge in [0.2, 0.25) is 0 Å². The summed E-state index contributed by atoms with van der Waals surface area (Å²) in [6.07, 6.45) is 1.99. The number of hydrogen-bond donors (Lipinski definition) is 0. The second kappa shape index (κ2) is 9.65. The molecule has 1 atom stereocenters. The number of benzene rings is 2. The summed E-state index contributed by atoms with van der Waals surface area (Å²) in [5.74, 6) is 0.459. The van der Waals surface area contributed by atoms with E-state index in [1.165, 1.54) is 0 Å². The molecule has 144 valence electrons. The Hall–Kier alpha value is -1.46. The lowest BCUT2D eigenvalue weighted by Crippen LogP contribution is -2.39. The van der Waals surface area contributed by atoms with Gasteiger partial charge in [-0.25, -0.2) is 0 Å². The van der Waals surface area contributed by atoms with E-state index < -0.39 is 0 Å². The Kier molecular flexibility index (Phi) is 7.25. The molecule has 7 heteroatoms. The van der Waals surface area contributed by atoms with Crippen LogP contribution in [0.2, 0.25) is 15.1 Å². The summed E-state index contributed by atoms with van der Waals surface area (Å²) in [5.41, 5.74) is 0.832. The summed E-state index contributed by atoms with van der Waals surface area (Å²) in [6, 6.07) is 12.2. The normalized spacial score (nSPS) is 16.3. The molecule has 0 bridgehead atoms. The minimum Gasteiger partial charge on any atom is -0.484 e. The predicted octanol–water partition coefficient (Wildman–Crippen LogP) is 5.23. The van der Waals surface area contributed by atoms with Crippen molar-refractivity contribution in [2.24, 2.45) is 0 Å². The zero-order valence-corrected chi connectivity index (χ0v) is 16.9. The van der Waals surface area contributed by atoms with Gasteiger partial charge in [-0.3, -0.25) is 4.79 Å². The summed E-state index contributed by atoms with van der Waals surface area (Å²) in [5, 5.41) is 1.71. The van der Waals surface area contributed by atoms with E-state index >= 15 is 0 Å². The van der Waals surface area contributed by atoms with Gasteiger partial charge in [0.15, 0.2) is 6.61 Å². The van der Waals surface area contributed by atoms with E-state index in [4.69, 9.17) is 44.3 Å². The van der Waals surface area contributed by atoms with Crippen LogP contribution in [0.4, 0.5) is 0 Å². The molecule has 1 aliphatic rings. The van der Waals surface area contributed by atoms with Crippen LogP contribution in [0.25, 0.3) is 0 Å². The van der Waals surface area contributed by atoms with E-state index in [1.807, 2.05) is 6.07 Å².